The third-order valence-electron chi connectivity index (χ3n) is 2.53. The van der Waals surface area contributed by atoms with Gasteiger partial charge in [-0.05, 0) is 31.2 Å². The van der Waals surface area contributed by atoms with E-state index in [0.29, 0.717) is 0 Å². The molecule has 2 rings (SSSR count). The first-order valence-electron chi connectivity index (χ1n) is 5.46. The highest BCUT2D eigenvalue weighted by Crippen LogP contribution is 2.22. The zero-order chi connectivity index (χ0) is 14.0. The summed E-state index contributed by atoms with van der Waals surface area (Å²) in [4.78, 5) is 0.0468. The number of rotatable bonds is 3. The molecule has 0 saturated carbocycles. The standard InChI is InChI=1S/C13H12FNO3S/c1-9-2-5-11(6-3-9)19(17,18)15-13-7-4-10(16)8-12(13)14/h2-8,15-16H,1H3. The van der Waals surface area contributed by atoms with Gasteiger partial charge in [0.2, 0.25) is 0 Å². The van der Waals surface area contributed by atoms with E-state index in [0.717, 1.165) is 17.7 Å². The maximum atomic E-state index is 13.5. The lowest BCUT2D eigenvalue weighted by molar-refractivity contribution is 0.469. The van der Waals surface area contributed by atoms with Gasteiger partial charge in [-0.2, -0.15) is 0 Å². The van der Waals surface area contributed by atoms with Gasteiger partial charge < -0.3 is 5.11 Å². The fraction of sp³-hybridized carbons (Fsp3) is 0.0769. The molecule has 0 aromatic heterocycles. The Bertz CT molecular complexity index is 696. The molecule has 0 aliphatic heterocycles. The lowest BCUT2D eigenvalue weighted by Gasteiger charge is -2.09. The molecule has 100 valence electrons. The van der Waals surface area contributed by atoms with E-state index in [1.165, 1.54) is 18.2 Å². The Labute approximate surface area is 110 Å². The molecule has 0 aliphatic carbocycles. The maximum absolute atomic E-state index is 13.5. The molecule has 0 aliphatic rings. The Hall–Kier alpha value is -2.08. The van der Waals surface area contributed by atoms with Crippen LogP contribution in [0.5, 0.6) is 5.75 Å². The van der Waals surface area contributed by atoms with Crippen molar-refractivity contribution in [2.24, 2.45) is 0 Å². The third-order valence-corrected chi connectivity index (χ3v) is 3.91. The van der Waals surface area contributed by atoms with Crippen molar-refractivity contribution in [2.75, 3.05) is 4.72 Å². The largest absolute Gasteiger partial charge is 0.508 e. The Morgan fingerprint density at radius 3 is 2.32 bits per heavy atom. The average Bonchev–Trinajstić information content (AvgIpc) is 2.33. The zero-order valence-corrected chi connectivity index (χ0v) is 10.9. The molecular formula is C13H12FNO3S. The van der Waals surface area contributed by atoms with E-state index in [1.54, 1.807) is 12.1 Å². The van der Waals surface area contributed by atoms with Crippen molar-refractivity contribution >= 4 is 15.7 Å². The molecule has 2 aromatic rings. The number of benzene rings is 2. The molecule has 19 heavy (non-hydrogen) atoms. The summed E-state index contributed by atoms with van der Waals surface area (Å²) in [7, 11) is -3.84. The van der Waals surface area contributed by atoms with Crippen LogP contribution in [0.4, 0.5) is 10.1 Å². The van der Waals surface area contributed by atoms with Crippen molar-refractivity contribution in [3.05, 3.63) is 53.8 Å². The summed E-state index contributed by atoms with van der Waals surface area (Å²) in [5, 5.41) is 9.07. The minimum Gasteiger partial charge on any atom is -0.508 e. The van der Waals surface area contributed by atoms with Gasteiger partial charge in [0.1, 0.15) is 5.75 Å². The first kappa shape index (κ1) is 13.4. The number of aryl methyl sites for hydroxylation is 1. The monoisotopic (exact) mass is 281 g/mol. The SMILES string of the molecule is Cc1ccc(S(=O)(=O)Nc2ccc(O)cc2F)cc1. The molecule has 0 unspecified atom stereocenters. The second-order valence-corrected chi connectivity index (χ2v) is 5.77. The Kier molecular flexibility index (Phi) is 3.44. The number of phenols is 1. The van der Waals surface area contributed by atoms with Gasteiger partial charge in [-0.3, -0.25) is 4.72 Å². The van der Waals surface area contributed by atoms with Crippen molar-refractivity contribution in [3.8, 4) is 5.75 Å². The van der Waals surface area contributed by atoms with E-state index in [4.69, 9.17) is 5.11 Å². The lowest BCUT2D eigenvalue weighted by Crippen LogP contribution is -2.13. The van der Waals surface area contributed by atoms with E-state index in [2.05, 4.69) is 4.72 Å². The van der Waals surface area contributed by atoms with Crippen LogP contribution in [-0.2, 0) is 10.0 Å². The van der Waals surface area contributed by atoms with Gasteiger partial charge in [-0.15, -0.1) is 0 Å². The summed E-state index contributed by atoms with van der Waals surface area (Å²) in [6.45, 7) is 1.84. The van der Waals surface area contributed by atoms with E-state index in [9.17, 15) is 12.8 Å². The summed E-state index contributed by atoms with van der Waals surface area (Å²) in [5.74, 6) is -1.11. The molecular weight excluding hydrogens is 269 g/mol. The van der Waals surface area contributed by atoms with Crippen LogP contribution in [0.15, 0.2) is 47.4 Å². The minimum atomic E-state index is -3.84. The predicted octanol–water partition coefficient (Wildman–Crippen LogP) is 2.64. The number of aromatic hydroxyl groups is 1. The normalized spacial score (nSPS) is 11.3. The highest BCUT2D eigenvalue weighted by Gasteiger charge is 2.16. The number of halogens is 1. The fourth-order valence-electron chi connectivity index (χ4n) is 1.51. The first-order chi connectivity index (χ1) is 8.88. The molecule has 0 radical (unpaired) electrons. The topological polar surface area (TPSA) is 66.4 Å². The number of nitrogens with one attached hydrogen (secondary N) is 1. The molecule has 0 saturated heterocycles. The Morgan fingerprint density at radius 2 is 1.74 bits per heavy atom. The first-order valence-corrected chi connectivity index (χ1v) is 6.95. The number of anilines is 1. The van der Waals surface area contributed by atoms with Crippen molar-refractivity contribution in [1.29, 1.82) is 0 Å². The summed E-state index contributed by atoms with van der Waals surface area (Å²) < 4.78 is 39.6. The van der Waals surface area contributed by atoms with Crippen LogP contribution in [0, 0.1) is 12.7 Å². The van der Waals surface area contributed by atoms with Crippen LogP contribution in [0.1, 0.15) is 5.56 Å². The lowest BCUT2D eigenvalue weighted by atomic mass is 10.2. The highest BCUT2D eigenvalue weighted by molar-refractivity contribution is 7.92. The Balaban J connectivity index is 2.33. The van der Waals surface area contributed by atoms with E-state index >= 15 is 0 Å². The summed E-state index contributed by atoms with van der Waals surface area (Å²) in [6.07, 6.45) is 0. The van der Waals surface area contributed by atoms with Crippen LogP contribution in [-0.4, -0.2) is 13.5 Å². The van der Waals surface area contributed by atoms with Gasteiger partial charge in [-0.1, -0.05) is 17.7 Å². The van der Waals surface area contributed by atoms with Gasteiger partial charge in [0.05, 0.1) is 10.6 Å². The van der Waals surface area contributed by atoms with Crippen LogP contribution in [0.25, 0.3) is 0 Å². The molecule has 0 atom stereocenters. The molecule has 0 fully saturated rings. The number of hydrogen-bond donors (Lipinski definition) is 2. The highest BCUT2D eigenvalue weighted by atomic mass is 32.2. The van der Waals surface area contributed by atoms with Crippen molar-refractivity contribution in [2.45, 2.75) is 11.8 Å². The third kappa shape index (κ3) is 3.03. The summed E-state index contributed by atoms with van der Waals surface area (Å²) in [6, 6.07) is 9.40. The summed E-state index contributed by atoms with van der Waals surface area (Å²) >= 11 is 0. The molecule has 0 bridgehead atoms. The zero-order valence-electron chi connectivity index (χ0n) is 10.1. The number of sulfonamides is 1. The van der Waals surface area contributed by atoms with Gasteiger partial charge >= 0.3 is 0 Å². The molecule has 0 heterocycles. The second kappa shape index (κ2) is 4.89. The van der Waals surface area contributed by atoms with Crippen LogP contribution >= 0.6 is 0 Å². The Morgan fingerprint density at radius 1 is 1.11 bits per heavy atom. The van der Waals surface area contributed by atoms with Crippen molar-refractivity contribution in [3.63, 3.8) is 0 Å². The van der Waals surface area contributed by atoms with E-state index in [-0.39, 0.29) is 16.3 Å². The van der Waals surface area contributed by atoms with Gasteiger partial charge in [0, 0.05) is 6.07 Å². The summed E-state index contributed by atoms with van der Waals surface area (Å²) in [5.41, 5.74) is 0.716. The smallest absolute Gasteiger partial charge is 0.261 e. The van der Waals surface area contributed by atoms with E-state index in [1.807, 2.05) is 6.92 Å². The molecule has 0 amide bonds. The quantitative estimate of drug-likeness (QED) is 0.850. The second-order valence-electron chi connectivity index (χ2n) is 4.08. The van der Waals surface area contributed by atoms with Crippen LogP contribution < -0.4 is 4.72 Å². The molecule has 2 aromatic carbocycles. The van der Waals surface area contributed by atoms with Crippen LogP contribution in [0.2, 0.25) is 0 Å². The van der Waals surface area contributed by atoms with Crippen LogP contribution in [0.3, 0.4) is 0 Å². The van der Waals surface area contributed by atoms with Gasteiger partial charge in [0.25, 0.3) is 10.0 Å². The number of phenolic OH excluding ortho intramolecular Hbond substituents is 1. The average molecular weight is 281 g/mol. The molecule has 6 heteroatoms. The molecule has 0 spiro atoms. The van der Waals surface area contributed by atoms with Gasteiger partial charge in [-0.25, -0.2) is 12.8 Å². The maximum Gasteiger partial charge on any atom is 0.261 e. The fourth-order valence-corrected chi connectivity index (χ4v) is 2.58. The molecule has 2 N–H and O–H groups in total. The predicted molar refractivity (Wildman–Crippen MR) is 70.1 cm³/mol. The number of hydrogen-bond acceptors (Lipinski definition) is 3. The van der Waals surface area contributed by atoms with Gasteiger partial charge in [0.15, 0.2) is 5.82 Å². The van der Waals surface area contributed by atoms with E-state index < -0.39 is 15.8 Å². The minimum absolute atomic E-state index is 0.0468. The van der Waals surface area contributed by atoms with Crippen molar-refractivity contribution < 1.29 is 17.9 Å². The van der Waals surface area contributed by atoms with Crippen molar-refractivity contribution in [1.82, 2.24) is 0 Å². The molecule has 4 nitrogen and oxygen atoms in total.